The number of amides is 2. The third-order valence-corrected chi connectivity index (χ3v) is 7.94. The van der Waals surface area contributed by atoms with E-state index in [1.165, 1.54) is 10.0 Å². The second-order valence-corrected chi connectivity index (χ2v) is 9.83. The fourth-order valence-corrected chi connectivity index (χ4v) is 6.45. The number of carbonyl (C=O) groups is 2. The number of hydrazone groups is 2. The van der Waals surface area contributed by atoms with E-state index in [4.69, 9.17) is 23.2 Å². The summed E-state index contributed by atoms with van der Waals surface area (Å²) in [4.78, 5) is 28.5. The van der Waals surface area contributed by atoms with Crippen LogP contribution < -0.4 is 10.0 Å². The van der Waals surface area contributed by atoms with Crippen molar-refractivity contribution in [3.63, 3.8) is 0 Å². The molecule has 0 N–H and O–H groups in total. The minimum atomic E-state index is -1.24. The number of carbonyl (C=O) groups excluding carboxylic acids is 2. The van der Waals surface area contributed by atoms with Crippen molar-refractivity contribution in [2.24, 2.45) is 21.0 Å². The van der Waals surface area contributed by atoms with E-state index in [2.05, 4.69) is 10.2 Å². The van der Waals surface area contributed by atoms with Gasteiger partial charge in [-0.2, -0.15) is 20.2 Å². The first-order chi connectivity index (χ1) is 16.8. The van der Waals surface area contributed by atoms with Crippen LogP contribution in [0, 0.1) is 10.8 Å². The van der Waals surface area contributed by atoms with Gasteiger partial charge >= 0.3 is 0 Å². The first kappa shape index (κ1) is 22.0. The highest BCUT2D eigenvalue weighted by Crippen LogP contribution is 2.79. The highest BCUT2D eigenvalue weighted by Gasteiger charge is 2.91. The molecule has 1 saturated carbocycles. The maximum absolute atomic E-state index is 14.3. The van der Waals surface area contributed by atoms with Crippen LogP contribution in [0.4, 0.5) is 11.4 Å². The zero-order valence-corrected chi connectivity index (χ0v) is 20.5. The lowest BCUT2D eigenvalue weighted by Gasteiger charge is -2.18. The summed E-state index contributed by atoms with van der Waals surface area (Å²) in [5.74, 6) is -1.11. The number of hydrogen-bond acceptors (Lipinski definition) is 4. The summed E-state index contributed by atoms with van der Waals surface area (Å²) in [6.07, 6.45) is 0. The zero-order chi connectivity index (χ0) is 24.5. The van der Waals surface area contributed by atoms with Crippen molar-refractivity contribution < 1.29 is 9.59 Å². The quantitative estimate of drug-likeness (QED) is 0.446. The molecule has 3 aromatic carbocycles. The first-order valence-corrected chi connectivity index (χ1v) is 12.0. The largest absolute Gasteiger partial charge is 0.271 e. The highest BCUT2D eigenvalue weighted by atomic mass is 35.5. The van der Waals surface area contributed by atoms with Crippen molar-refractivity contribution in [2.75, 3.05) is 10.0 Å². The Labute approximate surface area is 212 Å². The minimum absolute atomic E-state index is 0.268. The number of hydrogen-bond donors (Lipinski definition) is 0. The standard InChI is InChI=1S/C27H20Cl2N4O2/c1-16-26(24(34)32(30-16)19-9-5-3-6-10-19)23(21-14-13-18(28)15-22(21)29)27(26)17(2)31-33(25(27)35)20-11-7-4-8-12-20/h3-15,23H,1-2H3/t26-,27-/m0/s1. The Morgan fingerprint density at radius 3 is 1.60 bits per heavy atom. The molecule has 2 spiro atoms. The first-order valence-electron chi connectivity index (χ1n) is 11.2. The van der Waals surface area contributed by atoms with Gasteiger partial charge in [-0.1, -0.05) is 65.7 Å². The SMILES string of the molecule is CC1=NN(c2ccccc2)C(=O)[C@@]12C(c1ccc(Cl)cc1Cl)[C@@]21C(=O)N(c2ccccc2)N=C1C. The van der Waals surface area contributed by atoms with Crippen LogP contribution in [0.25, 0.3) is 0 Å². The molecule has 2 aliphatic heterocycles. The molecular formula is C27H20Cl2N4O2. The Hall–Kier alpha value is -3.48. The monoisotopic (exact) mass is 502 g/mol. The number of para-hydroxylation sites is 2. The molecule has 35 heavy (non-hydrogen) atoms. The summed E-state index contributed by atoms with van der Waals surface area (Å²) >= 11 is 12.9. The van der Waals surface area contributed by atoms with Crippen LogP contribution in [-0.4, -0.2) is 23.2 Å². The maximum atomic E-state index is 14.3. The molecule has 3 aromatic rings. The van der Waals surface area contributed by atoms with Gasteiger partial charge in [-0.15, -0.1) is 0 Å². The van der Waals surface area contributed by atoms with Crippen molar-refractivity contribution in [1.82, 2.24) is 0 Å². The third kappa shape index (κ3) is 2.66. The Morgan fingerprint density at radius 1 is 0.714 bits per heavy atom. The summed E-state index contributed by atoms with van der Waals surface area (Å²) in [6, 6.07) is 23.6. The van der Waals surface area contributed by atoms with Gasteiger partial charge in [0.05, 0.1) is 22.8 Å². The summed E-state index contributed by atoms with van der Waals surface area (Å²) < 4.78 is 0. The molecule has 1 fully saturated rings. The molecule has 2 heterocycles. The van der Waals surface area contributed by atoms with Gasteiger partial charge in [-0.3, -0.25) is 9.59 Å². The number of nitrogens with zero attached hydrogens (tertiary/aromatic N) is 4. The van der Waals surface area contributed by atoms with Crippen LogP contribution in [-0.2, 0) is 9.59 Å². The molecule has 6 rings (SSSR count). The topological polar surface area (TPSA) is 65.3 Å². The van der Waals surface area contributed by atoms with E-state index in [1.807, 2.05) is 60.7 Å². The van der Waals surface area contributed by atoms with E-state index < -0.39 is 16.7 Å². The van der Waals surface area contributed by atoms with Crippen LogP contribution in [0.15, 0.2) is 89.1 Å². The average Bonchev–Trinajstić information content (AvgIpc) is 3.32. The molecule has 3 aliphatic rings. The number of anilines is 2. The second-order valence-electron chi connectivity index (χ2n) is 8.99. The van der Waals surface area contributed by atoms with E-state index in [0.29, 0.717) is 38.4 Å². The Morgan fingerprint density at radius 2 is 1.17 bits per heavy atom. The smallest absolute Gasteiger partial charge is 0.261 e. The Balaban J connectivity index is 1.56. The number of rotatable bonds is 3. The minimum Gasteiger partial charge on any atom is -0.271 e. The highest BCUT2D eigenvalue weighted by molar-refractivity contribution is 6.39. The molecule has 0 bridgehead atoms. The summed E-state index contributed by atoms with van der Waals surface area (Å²) in [5.41, 5.74) is 0.573. The Kier molecular flexibility index (Phi) is 4.72. The van der Waals surface area contributed by atoms with Crippen molar-refractivity contribution in [3.8, 4) is 0 Å². The van der Waals surface area contributed by atoms with Crippen molar-refractivity contribution in [1.29, 1.82) is 0 Å². The molecule has 0 unspecified atom stereocenters. The van der Waals surface area contributed by atoms with Crippen LogP contribution in [0.5, 0.6) is 0 Å². The number of benzene rings is 3. The van der Waals surface area contributed by atoms with Gasteiger partial charge < -0.3 is 0 Å². The average molecular weight is 503 g/mol. The van der Waals surface area contributed by atoms with Gasteiger partial charge in [0.1, 0.15) is 10.8 Å². The van der Waals surface area contributed by atoms with Crippen LogP contribution in [0.3, 0.4) is 0 Å². The van der Waals surface area contributed by atoms with E-state index in [-0.39, 0.29) is 11.8 Å². The molecule has 2 amide bonds. The summed E-state index contributed by atoms with van der Waals surface area (Å²) in [6.45, 7) is 3.61. The van der Waals surface area contributed by atoms with Gasteiger partial charge in [0.25, 0.3) is 11.8 Å². The molecular weight excluding hydrogens is 483 g/mol. The van der Waals surface area contributed by atoms with Gasteiger partial charge in [0, 0.05) is 16.0 Å². The van der Waals surface area contributed by atoms with Crippen LogP contribution in [0.1, 0.15) is 25.3 Å². The van der Waals surface area contributed by atoms with Crippen molar-refractivity contribution >= 4 is 57.8 Å². The molecule has 0 radical (unpaired) electrons. The normalized spacial score (nSPS) is 27.1. The van der Waals surface area contributed by atoms with E-state index in [0.717, 1.165) is 0 Å². The van der Waals surface area contributed by atoms with Crippen LogP contribution in [0.2, 0.25) is 10.0 Å². The molecule has 1 aliphatic carbocycles. The van der Waals surface area contributed by atoms with Gasteiger partial charge in [-0.25, -0.2) is 0 Å². The molecule has 6 nitrogen and oxygen atoms in total. The van der Waals surface area contributed by atoms with Crippen molar-refractivity contribution in [3.05, 3.63) is 94.5 Å². The predicted molar refractivity (Wildman–Crippen MR) is 138 cm³/mol. The van der Waals surface area contributed by atoms with Gasteiger partial charge in [-0.05, 0) is 55.8 Å². The van der Waals surface area contributed by atoms with Gasteiger partial charge in [0.15, 0.2) is 0 Å². The third-order valence-electron chi connectivity index (χ3n) is 7.38. The van der Waals surface area contributed by atoms with E-state index in [1.54, 1.807) is 32.0 Å². The summed E-state index contributed by atoms with van der Waals surface area (Å²) in [5, 5.41) is 13.0. The van der Waals surface area contributed by atoms with E-state index in [9.17, 15) is 9.59 Å². The van der Waals surface area contributed by atoms with E-state index >= 15 is 0 Å². The maximum Gasteiger partial charge on any atom is 0.261 e. The molecule has 8 heteroatoms. The molecule has 0 aromatic heterocycles. The zero-order valence-electron chi connectivity index (χ0n) is 18.9. The molecule has 2 atom stereocenters. The number of halogens is 2. The van der Waals surface area contributed by atoms with Crippen molar-refractivity contribution in [2.45, 2.75) is 19.8 Å². The van der Waals surface area contributed by atoms with Gasteiger partial charge in [0.2, 0.25) is 0 Å². The van der Waals surface area contributed by atoms with Crippen LogP contribution >= 0.6 is 23.2 Å². The lowest BCUT2D eigenvalue weighted by Crippen LogP contribution is -2.40. The Bertz CT molecular complexity index is 1370. The lowest BCUT2D eigenvalue weighted by atomic mass is 9.85. The lowest BCUT2D eigenvalue weighted by molar-refractivity contribution is -0.126. The molecule has 0 saturated heterocycles. The number of fused-ring (bicyclic) bond motifs is 1. The fraction of sp³-hybridized carbons (Fsp3) is 0.185. The fourth-order valence-electron chi connectivity index (χ4n) is 5.93. The molecule has 174 valence electrons. The predicted octanol–water partition coefficient (Wildman–Crippen LogP) is 5.91. The second kappa shape index (κ2) is 7.51. The summed E-state index contributed by atoms with van der Waals surface area (Å²) in [7, 11) is 0.